The van der Waals surface area contributed by atoms with E-state index >= 15 is 0 Å². The number of rotatable bonds is 3. The highest BCUT2D eigenvalue weighted by Gasteiger charge is 2.29. The van der Waals surface area contributed by atoms with E-state index < -0.39 is 8.32 Å². The standard InChI is InChI=1S/C11H16BrFOSi/c1-8(2)15(3,4)14-11-6-5-9(13)7-10(11)12/h5-8H,1-4H3. The van der Waals surface area contributed by atoms with Crippen molar-refractivity contribution in [1.82, 2.24) is 0 Å². The van der Waals surface area contributed by atoms with E-state index in [1.54, 1.807) is 6.07 Å². The Hall–Kier alpha value is -0.353. The van der Waals surface area contributed by atoms with Crippen LogP contribution in [0.3, 0.4) is 0 Å². The molecule has 4 heteroatoms. The summed E-state index contributed by atoms with van der Waals surface area (Å²) in [5.74, 6) is 0.486. The first-order valence-corrected chi connectivity index (χ1v) is 8.75. The van der Waals surface area contributed by atoms with E-state index in [0.717, 1.165) is 5.75 Å². The maximum absolute atomic E-state index is 12.9. The Morgan fingerprint density at radius 3 is 2.40 bits per heavy atom. The van der Waals surface area contributed by atoms with Crippen LogP contribution in [0.5, 0.6) is 5.75 Å². The van der Waals surface area contributed by atoms with Crippen LogP contribution in [0.25, 0.3) is 0 Å². The highest BCUT2D eigenvalue weighted by Crippen LogP contribution is 2.31. The molecule has 1 aromatic carbocycles. The van der Waals surface area contributed by atoms with Crippen molar-refractivity contribution < 1.29 is 8.82 Å². The molecule has 0 unspecified atom stereocenters. The topological polar surface area (TPSA) is 9.23 Å². The molecule has 0 N–H and O–H groups in total. The molecule has 0 saturated carbocycles. The number of halogens is 2. The van der Waals surface area contributed by atoms with E-state index in [1.807, 2.05) is 0 Å². The van der Waals surface area contributed by atoms with Crippen LogP contribution in [0.1, 0.15) is 13.8 Å². The van der Waals surface area contributed by atoms with Crippen molar-refractivity contribution in [3.8, 4) is 5.75 Å². The average molecular weight is 291 g/mol. The molecule has 0 aliphatic rings. The fourth-order valence-electron chi connectivity index (χ4n) is 0.959. The monoisotopic (exact) mass is 290 g/mol. The van der Waals surface area contributed by atoms with Crippen molar-refractivity contribution in [2.24, 2.45) is 0 Å². The van der Waals surface area contributed by atoms with Gasteiger partial charge in [0.2, 0.25) is 8.32 Å². The lowest BCUT2D eigenvalue weighted by molar-refractivity contribution is 0.526. The molecule has 0 fully saturated rings. The van der Waals surface area contributed by atoms with Crippen LogP contribution in [0.15, 0.2) is 22.7 Å². The summed E-state index contributed by atoms with van der Waals surface area (Å²) in [5.41, 5.74) is 0.523. The number of hydrogen-bond donors (Lipinski definition) is 0. The summed E-state index contributed by atoms with van der Waals surface area (Å²) in [6.07, 6.45) is 0. The van der Waals surface area contributed by atoms with Crippen molar-refractivity contribution >= 4 is 24.2 Å². The normalized spacial score (nSPS) is 11.9. The molecule has 0 atom stereocenters. The quantitative estimate of drug-likeness (QED) is 0.741. The van der Waals surface area contributed by atoms with Gasteiger partial charge >= 0.3 is 0 Å². The largest absolute Gasteiger partial charge is 0.543 e. The minimum atomic E-state index is -1.72. The molecule has 0 heterocycles. The molecule has 84 valence electrons. The third-order valence-electron chi connectivity index (χ3n) is 2.66. The van der Waals surface area contributed by atoms with Crippen molar-refractivity contribution in [1.29, 1.82) is 0 Å². The van der Waals surface area contributed by atoms with Crippen molar-refractivity contribution in [3.63, 3.8) is 0 Å². The van der Waals surface area contributed by atoms with Crippen LogP contribution in [-0.4, -0.2) is 8.32 Å². The predicted molar refractivity (Wildman–Crippen MR) is 67.3 cm³/mol. The zero-order valence-corrected chi connectivity index (χ0v) is 12.1. The van der Waals surface area contributed by atoms with Gasteiger partial charge in [-0.2, -0.15) is 0 Å². The van der Waals surface area contributed by atoms with E-state index in [0.29, 0.717) is 10.0 Å². The Morgan fingerprint density at radius 1 is 1.33 bits per heavy atom. The molecule has 0 aromatic heterocycles. The van der Waals surface area contributed by atoms with E-state index in [9.17, 15) is 4.39 Å². The second-order valence-electron chi connectivity index (χ2n) is 4.43. The first kappa shape index (κ1) is 12.7. The van der Waals surface area contributed by atoms with Gasteiger partial charge in [-0.15, -0.1) is 0 Å². The Bertz CT molecular complexity index is 352. The van der Waals surface area contributed by atoms with Crippen molar-refractivity contribution in [2.45, 2.75) is 32.5 Å². The van der Waals surface area contributed by atoms with E-state index in [2.05, 4.69) is 42.9 Å². The van der Waals surface area contributed by atoms with Gasteiger partial charge in [0.1, 0.15) is 11.6 Å². The Kier molecular flexibility index (Phi) is 3.95. The smallest absolute Gasteiger partial charge is 0.247 e. The van der Waals surface area contributed by atoms with Gasteiger partial charge in [-0.3, -0.25) is 0 Å². The molecule has 0 spiro atoms. The van der Waals surface area contributed by atoms with Gasteiger partial charge in [-0.1, -0.05) is 13.8 Å². The molecule has 1 aromatic rings. The van der Waals surface area contributed by atoms with Gasteiger partial charge < -0.3 is 4.43 Å². The third kappa shape index (κ3) is 3.31. The third-order valence-corrected chi connectivity index (χ3v) is 6.80. The van der Waals surface area contributed by atoms with E-state index in [4.69, 9.17) is 4.43 Å². The van der Waals surface area contributed by atoms with Crippen LogP contribution in [0, 0.1) is 5.82 Å². The lowest BCUT2D eigenvalue weighted by atomic mass is 10.3. The van der Waals surface area contributed by atoms with E-state index in [1.165, 1.54) is 12.1 Å². The second kappa shape index (κ2) is 4.66. The van der Waals surface area contributed by atoms with E-state index in [-0.39, 0.29) is 5.82 Å². The predicted octanol–water partition coefficient (Wildman–Crippen LogP) is 4.58. The molecule has 15 heavy (non-hydrogen) atoms. The Balaban J connectivity index is 2.90. The number of hydrogen-bond acceptors (Lipinski definition) is 1. The molecule has 0 bridgehead atoms. The highest BCUT2D eigenvalue weighted by atomic mass is 79.9. The van der Waals surface area contributed by atoms with Gasteiger partial charge in [0, 0.05) is 0 Å². The zero-order valence-electron chi connectivity index (χ0n) is 9.47. The molecule has 0 aliphatic carbocycles. The van der Waals surface area contributed by atoms with Crippen LogP contribution in [0.4, 0.5) is 4.39 Å². The summed E-state index contributed by atoms with van der Waals surface area (Å²) >= 11 is 3.31. The minimum Gasteiger partial charge on any atom is -0.543 e. The fraction of sp³-hybridized carbons (Fsp3) is 0.455. The number of benzene rings is 1. The fourth-order valence-corrected chi connectivity index (χ4v) is 2.52. The summed E-state index contributed by atoms with van der Waals surface area (Å²) in [4.78, 5) is 0. The van der Waals surface area contributed by atoms with Crippen molar-refractivity contribution in [2.75, 3.05) is 0 Å². The summed E-state index contributed by atoms with van der Waals surface area (Å²) < 4.78 is 19.5. The summed E-state index contributed by atoms with van der Waals surface area (Å²) in [7, 11) is -1.72. The Morgan fingerprint density at radius 2 is 1.93 bits per heavy atom. The lowest BCUT2D eigenvalue weighted by Gasteiger charge is -2.28. The summed E-state index contributed by atoms with van der Waals surface area (Å²) in [6, 6.07) is 4.53. The van der Waals surface area contributed by atoms with Crippen LogP contribution in [0.2, 0.25) is 18.6 Å². The molecule has 1 rings (SSSR count). The molecule has 1 nitrogen and oxygen atoms in total. The molecule has 0 aliphatic heterocycles. The van der Waals surface area contributed by atoms with Crippen molar-refractivity contribution in [3.05, 3.63) is 28.5 Å². The SMILES string of the molecule is CC(C)[Si](C)(C)Oc1ccc(F)cc1Br. The average Bonchev–Trinajstić information content (AvgIpc) is 2.09. The minimum absolute atomic E-state index is 0.252. The second-order valence-corrected chi connectivity index (χ2v) is 9.86. The maximum Gasteiger partial charge on any atom is 0.247 e. The molecule has 0 amide bonds. The summed E-state index contributed by atoms with van der Waals surface area (Å²) in [6.45, 7) is 8.63. The first-order valence-electron chi connectivity index (χ1n) is 4.97. The van der Waals surface area contributed by atoms with Gasteiger partial charge in [-0.25, -0.2) is 4.39 Å². The highest BCUT2D eigenvalue weighted by molar-refractivity contribution is 9.10. The molecule has 0 saturated heterocycles. The lowest BCUT2D eigenvalue weighted by Crippen LogP contribution is -2.37. The van der Waals surface area contributed by atoms with Crippen LogP contribution < -0.4 is 4.43 Å². The van der Waals surface area contributed by atoms with Gasteiger partial charge in [0.15, 0.2) is 0 Å². The molecule has 0 radical (unpaired) electrons. The molecular formula is C11H16BrFOSi. The van der Waals surface area contributed by atoms with Gasteiger partial charge in [0.05, 0.1) is 4.47 Å². The van der Waals surface area contributed by atoms with Crippen LogP contribution >= 0.6 is 15.9 Å². The van der Waals surface area contributed by atoms with Gasteiger partial charge in [-0.05, 0) is 52.8 Å². The Labute approximate surface area is 99.9 Å². The molecular weight excluding hydrogens is 275 g/mol. The maximum atomic E-state index is 12.9. The zero-order chi connectivity index (χ0) is 11.6. The first-order chi connectivity index (χ1) is 6.83. The van der Waals surface area contributed by atoms with Crippen LogP contribution in [-0.2, 0) is 0 Å². The van der Waals surface area contributed by atoms with Gasteiger partial charge in [0.25, 0.3) is 0 Å². The summed E-state index contributed by atoms with van der Waals surface area (Å²) in [5, 5.41) is 0.